The first-order valence-corrected chi connectivity index (χ1v) is 13.0. The lowest BCUT2D eigenvalue weighted by Crippen LogP contribution is -2.53. The Kier molecular flexibility index (Phi) is 11.9. The summed E-state index contributed by atoms with van der Waals surface area (Å²) in [5.41, 5.74) is 0.816. The highest BCUT2D eigenvalue weighted by molar-refractivity contribution is 7.98. The number of amides is 4. The van der Waals surface area contributed by atoms with E-state index in [0.29, 0.717) is 5.75 Å². The molecule has 0 bridgehead atoms. The first-order chi connectivity index (χ1) is 15.4. The number of thioether (sulfide) groups is 1. The molecule has 0 saturated carbocycles. The maximum absolute atomic E-state index is 12.5. The van der Waals surface area contributed by atoms with E-state index in [1.165, 1.54) is 25.6 Å². The number of nitrogens with one attached hydrogen (secondary N) is 4. The summed E-state index contributed by atoms with van der Waals surface area (Å²) >= 11 is 1.34. The average Bonchev–Trinajstić information content (AvgIpc) is 2.73. The SMILES string of the molecule is CSCCC(NC(=O)[C@H](C)NC(=O)CNC(=O)[C@H](Cc1ccccc1)NC(C)=O)S(=O)(=O)O. The van der Waals surface area contributed by atoms with Crippen molar-refractivity contribution in [2.75, 3.05) is 18.6 Å². The third-order valence-electron chi connectivity index (χ3n) is 4.42. The van der Waals surface area contributed by atoms with Crippen molar-refractivity contribution in [2.24, 2.45) is 0 Å². The third-order valence-corrected chi connectivity index (χ3v) is 6.13. The van der Waals surface area contributed by atoms with Crippen molar-refractivity contribution in [1.82, 2.24) is 21.3 Å². The van der Waals surface area contributed by atoms with Crippen molar-refractivity contribution in [3.63, 3.8) is 0 Å². The molecular formula is C20H30N4O7S2. The molecule has 1 aromatic carbocycles. The van der Waals surface area contributed by atoms with Gasteiger partial charge in [-0.2, -0.15) is 20.2 Å². The van der Waals surface area contributed by atoms with Gasteiger partial charge in [0, 0.05) is 13.3 Å². The lowest BCUT2D eigenvalue weighted by molar-refractivity contribution is -0.131. The molecule has 3 atom stereocenters. The second-order valence-corrected chi connectivity index (χ2v) is 9.83. The number of benzene rings is 1. The molecule has 4 amide bonds. The Labute approximate surface area is 197 Å². The number of hydrogen-bond acceptors (Lipinski definition) is 7. The molecule has 33 heavy (non-hydrogen) atoms. The van der Waals surface area contributed by atoms with Crippen LogP contribution in [-0.4, -0.2) is 72.6 Å². The van der Waals surface area contributed by atoms with Gasteiger partial charge < -0.3 is 21.3 Å². The van der Waals surface area contributed by atoms with Crippen LogP contribution in [0.1, 0.15) is 25.8 Å². The molecule has 0 aliphatic heterocycles. The van der Waals surface area contributed by atoms with Gasteiger partial charge in [-0.1, -0.05) is 30.3 Å². The third kappa shape index (κ3) is 11.2. The molecule has 11 nitrogen and oxygen atoms in total. The molecule has 0 fully saturated rings. The lowest BCUT2D eigenvalue weighted by Gasteiger charge is -2.20. The lowest BCUT2D eigenvalue weighted by atomic mass is 10.1. The van der Waals surface area contributed by atoms with Crippen LogP contribution in [0.5, 0.6) is 0 Å². The molecule has 1 unspecified atom stereocenters. The number of rotatable bonds is 13. The molecule has 1 rings (SSSR count). The van der Waals surface area contributed by atoms with Crippen molar-refractivity contribution >= 4 is 45.5 Å². The van der Waals surface area contributed by atoms with Crippen LogP contribution < -0.4 is 21.3 Å². The van der Waals surface area contributed by atoms with Crippen LogP contribution in [0.3, 0.4) is 0 Å². The summed E-state index contributed by atoms with van der Waals surface area (Å²) in [5.74, 6) is -2.10. The first kappa shape index (κ1) is 28.4. The summed E-state index contributed by atoms with van der Waals surface area (Å²) in [6.07, 6.45) is 1.96. The highest BCUT2D eigenvalue weighted by Gasteiger charge is 2.27. The van der Waals surface area contributed by atoms with Crippen LogP contribution in [0, 0.1) is 0 Å². The minimum Gasteiger partial charge on any atom is -0.345 e. The summed E-state index contributed by atoms with van der Waals surface area (Å²) in [7, 11) is -4.51. The van der Waals surface area contributed by atoms with Gasteiger partial charge in [-0.15, -0.1) is 0 Å². The van der Waals surface area contributed by atoms with Gasteiger partial charge in [0.2, 0.25) is 23.6 Å². The van der Waals surface area contributed by atoms with E-state index in [4.69, 9.17) is 0 Å². The average molecular weight is 503 g/mol. The molecule has 0 aromatic heterocycles. The van der Waals surface area contributed by atoms with Crippen molar-refractivity contribution in [3.05, 3.63) is 35.9 Å². The second-order valence-electron chi connectivity index (χ2n) is 7.24. The second kappa shape index (κ2) is 13.8. The molecule has 0 aliphatic rings. The van der Waals surface area contributed by atoms with Crippen molar-refractivity contribution in [3.8, 4) is 0 Å². The van der Waals surface area contributed by atoms with E-state index in [-0.39, 0.29) is 12.8 Å². The van der Waals surface area contributed by atoms with Gasteiger partial charge in [0.15, 0.2) is 5.37 Å². The zero-order valence-corrected chi connectivity index (χ0v) is 20.3. The minimum atomic E-state index is -4.51. The Hall–Kier alpha value is -2.64. The predicted octanol–water partition coefficient (Wildman–Crippen LogP) is -0.562. The molecule has 0 radical (unpaired) electrons. The molecule has 0 aliphatic carbocycles. The fourth-order valence-corrected chi connectivity index (χ4v) is 4.06. The highest BCUT2D eigenvalue weighted by Crippen LogP contribution is 2.06. The molecule has 0 spiro atoms. The highest BCUT2D eigenvalue weighted by atomic mass is 32.2. The molecular weight excluding hydrogens is 472 g/mol. The smallest absolute Gasteiger partial charge is 0.286 e. The fraction of sp³-hybridized carbons (Fsp3) is 0.500. The minimum absolute atomic E-state index is 0.00554. The zero-order valence-electron chi connectivity index (χ0n) is 18.7. The standard InChI is InChI=1S/C20H30N4O7S2/c1-13(19(27)24-18(9-10-32-3)33(29,30)31)22-17(26)12-21-20(28)16(23-14(2)25)11-15-7-5-4-6-8-15/h4-8,13,16,18H,9-12H2,1-3H3,(H,21,28)(H,22,26)(H,23,25)(H,24,27)(H,29,30,31)/t13-,16-,18?/m0/s1. The van der Waals surface area contributed by atoms with Gasteiger partial charge >= 0.3 is 0 Å². The Morgan fingerprint density at radius 1 is 1.03 bits per heavy atom. The van der Waals surface area contributed by atoms with Gasteiger partial charge in [-0.05, 0) is 30.9 Å². The zero-order chi connectivity index (χ0) is 25.0. The summed E-state index contributed by atoms with van der Waals surface area (Å²) in [6.45, 7) is 2.15. The Morgan fingerprint density at radius 3 is 2.21 bits per heavy atom. The predicted molar refractivity (Wildman–Crippen MR) is 125 cm³/mol. The van der Waals surface area contributed by atoms with Crippen LogP contribution >= 0.6 is 11.8 Å². The van der Waals surface area contributed by atoms with Crippen LogP contribution in [0.15, 0.2) is 30.3 Å². The van der Waals surface area contributed by atoms with E-state index < -0.39 is 57.7 Å². The van der Waals surface area contributed by atoms with Gasteiger partial charge in [0.25, 0.3) is 10.1 Å². The normalized spacial score (nSPS) is 13.8. The van der Waals surface area contributed by atoms with Crippen LogP contribution in [0.2, 0.25) is 0 Å². The van der Waals surface area contributed by atoms with E-state index in [1.54, 1.807) is 30.5 Å². The number of carbonyl (C=O) groups excluding carboxylic acids is 4. The number of carbonyl (C=O) groups is 4. The molecule has 184 valence electrons. The van der Waals surface area contributed by atoms with Crippen molar-refractivity contribution in [2.45, 2.75) is 44.1 Å². The topological polar surface area (TPSA) is 171 Å². The van der Waals surface area contributed by atoms with E-state index >= 15 is 0 Å². The quantitative estimate of drug-likeness (QED) is 0.223. The van der Waals surface area contributed by atoms with E-state index in [1.807, 2.05) is 6.07 Å². The Bertz CT molecular complexity index is 926. The van der Waals surface area contributed by atoms with Gasteiger partial charge in [-0.3, -0.25) is 23.7 Å². The maximum Gasteiger partial charge on any atom is 0.286 e. The van der Waals surface area contributed by atoms with Crippen molar-refractivity contribution < 1.29 is 32.1 Å². The van der Waals surface area contributed by atoms with Gasteiger partial charge in [0.1, 0.15) is 12.1 Å². The molecule has 1 aromatic rings. The summed E-state index contributed by atoms with van der Waals surface area (Å²) in [5, 5.41) is 7.98. The largest absolute Gasteiger partial charge is 0.345 e. The van der Waals surface area contributed by atoms with Gasteiger partial charge in [0.05, 0.1) is 6.54 Å². The van der Waals surface area contributed by atoms with Crippen LogP contribution in [-0.2, 0) is 35.7 Å². The van der Waals surface area contributed by atoms with E-state index in [9.17, 15) is 32.1 Å². The molecule has 13 heteroatoms. The van der Waals surface area contributed by atoms with Crippen LogP contribution in [0.25, 0.3) is 0 Å². The summed E-state index contributed by atoms with van der Waals surface area (Å²) in [4.78, 5) is 48.3. The number of hydrogen-bond donors (Lipinski definition) is 5. The molecule has 5 N–H and O–H groups in total. The maximum atomic E-state index is 12.5. The molecule has 0 saturated heterocycles. The Morgan fingerprint density at radius 2 is 1.67 bits per heavy atom. The fourth-order valence-electron chi connectivity index (χ4n) is 2.76. The monoisotopic (exact) mass is 502 g/mol. The van der Waals surface area contributed by atoms with Gasteiger partial charge in [-0.25, -0.2) is 0 Å². The van der Waals surface area contributed by atoms with E-state index in [2.05, 4.69) is 21.3 Å². The van der Waals surface area contributed by atoms with Crippen molar-refractivity contribution in [1.29, 1.82) is 0 Å². The van der Waals surface area contributed by atoms with Crippen LogP contribution in [0.4, 0.5) is 0 Å². The summed E-state index contributed by atoms with van der Waals surface area (Å²) in [6, 6.07) is 6.99. The molecule has 0 heterocycles. The first-order valence-electron chi connectivity index (χ1n) is 10.1. The van der Waals surface area contributed by atoms with E-state index in [0.717, 1.165) is 5.56 Å². The Balaban J connectivity index is 2.62. The summed E-state index contributed by atoms with van der Waals surface area (Å²) < 4.78 is 32.1.